The topological polar surface area (TPSA) is 58.6 Å². The van der Waals surface area contributed by atoms with E-state index in [0.717, 1.165) is 25.8 Å². The molecule has 142 valence electrons. The number of alkyl halides is 3. The Bertz CT molecular complexity index is 689. The number of benzene rings is 1. The Balaban J connectivity index is 2.36. The number of hydrogen-bond acceptors (Lipinski definition) is 4. The van der Waals surface area contributed by atoms with Crippen LogP contribution < -0.4 is 10.2 Å². The minimum atomic E-state index is -5.01. The van der Waals surface area contributed by atoms with Crippen LogP contribution in [0.4, 0.5) is 24.5 Å². The third-order valence-corrected chi connectivity index (χ3v) is 4.18. The molecule has 0 aromatic heterocycles. The van der Waals surface area contributed by atoms with Crippen LogP contribution in [0.2, 0.25) is 0 Å². The minimum absolute atomic E-state index is 0.0209. The minimum Gasteiger partial charge on any atom is -0.458 e. The predicted molar refractivity (Wildman–Crippen MR) is 92.3 cm³/mol. The van der Waals surface area contributed by atoms with Crippen molar-refractivity contribution in [1.29, 1.82) is 0 Å². The molecule has 0 radical (unpaired) electrons. The van der Waals surface area contributed by atoms with Crippen LogP contribution in [-0.2, 0) is 9.53 Å². The summed E-state index contributed by atoms with van der Waals surface area (Å²) >= 11 is 0. The highest BCUT2D eigenvalue weighted by Crippen LogP contribution is 2.31. The number of piperidine rings is 1. The van der Waals surface area contributed by atoms with E-state index in [1.165, 1.54) is 24.3 Å². The lowest BCUT2D eigenvalue weighted by molar-refractivity contribution is -0.167. The molecule has 1 atom stereocenters. The summed E-state index contributed by atoms with van der Waals surface area (Å²) in [4.78, 5) is 25.6. The number of amides is 1. The first-order valence-electron chi connectivity index (χ1n) is 8.31. The lowest BCUT2D eigenvalue weighted by atomic mass is 10.0. The van der Waals surface area contributed by atoms with E-state index in [2.05, 4.69) is 6.58 Å². The number of halogens is 3. The monoisotopic (exact) mass is 370 g/mol. The summed E-state index contributed by atoms with van der Waals surface area (Å²) < 4.78 is 42.4. The maximum absolute atomic E-state index is 12.5. The van der Waals surface area contributed by atoms with Gasteiger partial charge in [0.1, 0.15) is 6.61 Å². The number of esters is 1. The first-order chi connectivity index (χ1) is 12.2. The van der Waals surface area contributed by atoms with Gasteiger partial charge in [-0.2, -0.15) is 13.2 Å². The standard InChI is InChI=1S/C18H21F3N2O3/c1-3-10-26-16(24)14-11-13(22-17(25)18(19,20)21)7-8-15(14)23-9-5-4-6-12(23)2/h3,7-8,11-12H,1,4-6,9-10H2,2H3,(H,22,25)/t12-/m0/s1. The number of nitrogens with one attached hydrogen (secondary N) is 1. The third-order valence-electron chi connectivity index (χ3n) is 4.18. The van der Waals surface area contributed by atoms with E-state index in [1.807, 2.05) is 11.8 Å². The average Bonchev–Trinajstić information content (AvgIpc) is 2.59. The van der Waals surface area contributed by atoms with E-state index in [-0.39, 0.29) is 23.9 Å². The molecule has 8 heteroatoms. The summed E-state index contributed by atoms with van der Waals surface area (Å²) in [6.07, 6.45) is -0.626. The van der Waals surface area contributed by atoms with Crippen LogP contribution in [0, 0.1) is 0 Å². The molecule has 1 amide bonds. The van der Waals surface area contributed by atoms with E-state index in [9.17, 15) is 22.8 Å². The van der Waals surface area contributed by atoms with Crippen molar-refractivity contribution < 1.29 is 27.5 Å². The Morgan fingerprint density at radius 1 is 1.38 bits per heavy atom. The van der Waals surface area contributed by atoms with Gasteiger partial charge in [0, 0.05) is 18.3 Å². The summed E-state index contributed by atoms with van der Waals surface area (Å²) in [6, 6.07) is 4.29. The molecule has 1 aliphatic rings. The summed E-state index contributed by atoms with van der Waals surface area (Å²) in [7, 11) is 0. The molecule has 1 saturated heterocycles. The van der Waals surface area contributed by atoms with Gasteiger partial charge in [-0.25, -0.2) is 4.79 Å². The Morgan fingerprint density at radius 3 is 2.73 bits per heavy atom. The van der Waals surface area contributed by atoms with Crippen molar-refractivity contribution in [3.05, 3.63) is 36.4 Å². The van der Waals surface area contributed by atoms with Crippen LogP contribution in [0.5, 0.6) is 0 Å². The fourth-order valence-electron chi connectivity index (χ4n) is 2.90. The normalized spacial score (nSPS) is 17.5. The van der Waals surface area contributed by atoms with Gasteiger partial charge in [-0.15, -0.1) is 0 Å². The molecular weight excluding hydrogens is 349 g/mol. The molecule has 1 aromatic rings. The number of ether oxygens (including phenoxy) is 1. The summed E-state index contributed by atoms with van der Waals surface area (Å²) in [5, 5.41) is 1.76. The second-order valence-electron chi connectivity index (χ2n) is 6.11. The number of hydrogen-bond donors (Lipinski definition) is 1. The Kier molecular flexibility index (Phi) is 6.28. The molecule has 0 aliphatic carbocycles. The van der Waals surface area contributed by atoms with Crippen molar-refractivity contribution >= 4 is 23.3 Å². The van der Waals surface area contributed by atoms with Gasteiger partial charge in [0.05, 0.1) is 11.3 Å². The molecule has 5 nitrogen and oxygen atoms in total. The largest absolute Gasteiger partial charge is 0.471 e. The van der Waals surface area contributed by atoms with Gasteiger partial charge in [-0.3, -0.25) is 4.79 Å². The van der Waals surface area contributed by atoms with Gasteiger partial charge in [0.2, 0.25) is 0 Å². The third kappa shape index (κ3) is 4.77. The molecule has 1 N–H and O–H groups in total. The van der Waals surface area contributed by atoms with Crippen molar-refractivity contribution in [2.24, 2.45) is 0 Å². The lowest BCUT2D eigenvalue weighted by Gasteiger charge is -2.36. The first-order valence-corrected chi connectivity index (χ1v) is 8.31. The van der Waals surface area contributed by atoms with E-state index in [0.29, 0.717) is 5.69 Å². The molecule has 1 aromatic carbocycles. The van der Waals surface area contributed by atoms with Gasteiger partial charge >= 0.3 is 18.1 Å². The van der Waals surface area contributed by atoms with Crippen LogP contribution in [-0.4, -0.2) is 37.2 Å². The summed E-state index contributed by atoms with van der Waals surface area (Å²) in [6.45, 7) is 6.20. The maximum atomic E-state index is 12.5. The number of nitrogens with zero attached hydrogens (tertiary/aromatic N) is 1. The zero-order chi connectivity index (χ0) is 19.3. The first kappa shape index (κ1) is 19.8. The zero-order valence-corrected chi connectivity index (χ0v) is 14.4. The van der Waals surface area contributed by atoms with Crippen molar-refractivity contribution in [1.82, 2.24) is 0 Å². The molecule has 1 fully saturated rings. The SMILES string of the molecule is C=CCOC(=O)c1cc(NC(=O)C(F)(F)F)ccc1N1CCCC[C@@H]1C. The highest BCUT2D eigenvalue weighted by atomic mass is 19.4. The highest BCUT2D eigenvalue weighted by molar-refractivity contribution is 6.00. The number of carbonyl (C=O) groups is 2. The molecule has 2 rings (SSSR count). The van der Waals surface area contributed by atoms with Gasteiger partial charge < -0.3 is 15.0 Å². The summed E-state index contributed by atoms with van der Waals surface area (Å²) in [5.41, 5.74) is 0.572. The molecule has 0 saturated carbocycles. The van der Waals surface area contributed by atoms with Crippen LogP contribution in [0.3, 0.4) is 0 Å². The van der Waals surface area contributed by atoms with Gasteiger partial charge in [-0.1, -0.05) is 12.7 Å². The second-order valence-corrected chi connectivity index (χ2v) is 6.11. The molecule has 1 heterocycles. The Hall–Kier alpha value is -2.51. The van der Waals surface area contributed by atoms with Crippen LogP contribution in [0.1, 0.15) is 36.5 Å². The van der Waals surface area contributed by atoms with Crippen LogP contribution in [0.25, 0.3) is 0 Å². The van der Waals surface area contributed by atoms with Crippen molar-refractivity contribution in [2.75, 3.05) is 23.4 Å². The van der Waals surface area contributed by atoms with Crippen LogP contribution in [0.15, 0.2) is 30.9 Å². The maximum Gasteiger partial charge on any atom is 0.471 e. The quantitative estimate of drug-likeness (QED) is 0.631. The molecule has 26 heavy (non-hydrogen) atoms. The molecule has 0 unspecified atom stereocenters. The second kappa shape index (κ2) is 8.25. The highest BCUT2D eigenvalue weighted by Gasteiger charge is 2.38. The lowest BCUT2D eigenvalue weighted by Crippen LogP contribution is -2.38. The Morgan fingerprint density at radius 2 is 2.12 bits per heavy atom. The van der Waals surface area contributed by atoms with E-state index >= 15 is 0 Å². The van der Waals surface area contributed by atoms with E-state index < -0.39 is 18.1 Å². The predicted octanol–water partition coefficient (Wildman–Crippen LogP) is 3.91. The molecule has 0 spiro atoms. The van der Waals surface area contributed by atoms with E-state index in [1.54, 1.807) is 5.32 Å². The number of rotatable bonds is 5. The van der Waals surface area contributed by atoms with Gasteiger partial charge in [0.15, 0.2) is 0 Å². The number of anilines is 2. The molecule has 0 bridgehead atoms. The van der Waals surface area contributed by atoms with Crippen molar-refractivity contribution in [3.8, 4) is 0 Å². The molecular formula is C18H21F3N2O3. The van der Waals surface area contributed by atoms with Crippen molar-refractivity contribution in [3.63, 3.8) is 0 Å². The van der Waals surface area contributed by atoms with Crippen LogP contribution >= 0.6 is 0 Å². The molecule has 1 aliphatic heterocycles. The smallest absolute Gasteiger partial charge is 0.458 e. The fourth-order valence-corrected chi connectivity index (χ4v) is 2.90. The van der Waals surface area contributed by atoms with Gasteiger partial charge in [-0.05, 0) is 44.4 Å². The zero-order valence-electron chi connectivity index (χ0n) is 14.4. The van der Waals surface area contributed by atoms with Gasteiger partial charge in [0.25, 0.3) is 0 Å². The average molecular weight is 370 g/mol. The van der Waals surface area contributed by atoms with Crippen molar-refractivity contribution in [2.45, 2.75) is 38.4 Å². The number of carbonyl (C=O) groups excluding carboxylic acids is 2. The fraction of sp³-hybridized carbons (Fsp3) is 0.444. The Labute approximate surface area is 149 Å². The van der Waals surface area contributed by atoms with E-state index in [4.69, 9.17) is 4.74 Å². The summed E-state index contributed by atoms with van der Waals surface area (Å²) in [5.74, 6) is -2.78.